The van der Waals surface area contributed by atoms with E-state index < -0.39 is 16.4 Å². The van der Waals surface area contributed by atoms with Gasteiger partial charge in [0.25, 0.3) is 0 Å². The minimum atomic E-state index is -0.782. The summed E-state index contributed by atoms with van der Waals surface area (Å²) in [5.41, 5.74) is -0.210. The Labute approximate surface area is 109 Å². The van der Waals surface area contributed by atoms with E-state index in [9.17, 15) is 14.5 Å². The zero-order valence-electron chi connectivity index (χ0n) is 10.7. The monoisotopic (exact) mass is 263 g/mol. The second-order valence-electron chi connectivity index (χ2n) is 4.58. The minimum absolute atomic E-state index is 0.205. The lowest BCUT2D eigenvalue weighted by Crippen LogP contribution is -2.08. The lowest BCUT2D eigenvalue weighted by atomic mass is 10.1. The number of benzene rings is 1. The van der Waals surface area contributed by atoms with Crippen molar-refractivity contribution in [1.82, 2.24) is 9.55 Å². The molecular weight excluding hydrogens is 249 g/mol. The molecule has 1 aromatic heterocycles. The quantitative estimate of drug-likeness (QED) is 0.629. The maximum Gasteiger partial charge on any atom is 0.305 e. The van der Waals surface area contributed by atoms with Crippen molar-refractivity contribution in [2.45, 2.75) is 26.3 Å². The second kappa shape index (κ2) is 5.17. The summed E-state index contributed by atoms with van der Waals surface area (Å²) in [6.07, 6.45) is 3.39. The van der Waals surface area contributed by atoms with Gasteiger partial charge in [0.1, 0.15) is 5.82 Å². The van der Waals surface area contributed by atoms with Crippen molar-refractivity contribution in [2.24, 2.45) is 0 Å². The number of halogens is 1. The van der Waals surface area contributed by atoms with E-state index in [0.717, 1.165) is 11.9 Å². The van der Waals surface area contributed by atoms with E-state index in [4.69, 9.17) is 0 Å². The topological polar surface area (TPSA) is 61.0 Å². The molecule has 0 radical (unpaired) electrons. The van der Waals surface area contributed by atoms with Crippen molar-refractivity contribution < 1.29 is 9.31 Å². The fourth-order valence-electron chi connectivity index (χ4n) is 1.97. The first-order chi connectivity index (χ1) is 9.00. The van der Waals surface area contributed by atoms with E-state index in [-0.39, 0.29) is 18.0 Å². The summed E-state index contributed by atoms with van der Waals surface area (Å²) in [7, 11) is 0. The van der Waals surface area contributed by atoms with Crippen LogP contribution in [0.15, 0.2) is 30.6 Å². The van der Waals surface area contributed by atoms with Crippen LogP contribution < -0.4 is 0 Å². The molecule has 0 fully saturated rings. The van der Waals surface area contributed by atoms with Gasteiger partial charge in [-0.15, -0.1) is 0 Å². The largest absolute Gasteiger partial charge is 0.330 e. The summed E-state index contributed by atoms with van der Waals surface area (Å²) in [6, 6.07) is 4.20. The van der Waals surface area contributed by atoms with E-state index in [2.05, 4.69) is 4.98 Å². The van der Waals surface area contributed by atoms with Crippen molar-refractivity contribution in [3.8, 4) is 0 Å². The molecule has 0 bridgehead atoms. The van der Waals surface area contributed by atoms with Crippen molar-refractivity contribution in [3.63, 3.8) is 0 Å². The van der Waals surface area contributed by atoms with E-state index >= 15 is 0 Å². The van der Waals surface area contributed by atoms with Gasteiger partial charge in [-0.25, -0.2) is 4.98 Å². The predicted octanol–water partition coefficient (Wildman–Crippen LogP) is 3.10. The number of aromatic nitrogens is 2. The third-order valence-corrected chi connectivity index (χ3v) is 2.86. The second-order valence-corrected chi connectivity index (χ2v) is 4.58. The van der Waals surface area contributed by atoms with Gasteiger partial charge in [-0.05, 0) is 0 Å². The summed E-state index contributed by atoms with van der Waals surface area (Å²) >= 11 is 0. The minimum Gasteiger partial charge on any atom is -0.330 e. The van der Waals surface area contributed by atoms with Crippen molar-refractivity contribution in [2.75, 3.05) is 0 Å². The van der Waals surface area contributed by atoms with Crippen LogP contribution in [0.5, 0.6) is 0 Å². The Balaban J connectivity index is 2.36. The first kappa shape index (κ1) is 13.2. The van der Waals surface area contributed by atoms with Crippen LogP contribution in [0.2, 0.25) is 0 Å². The van der Waals surface area contributed by atoms with Crippen LogP contribution in [0.3, 0.4) is 0 Å². The van der Waals surface area contributed by atoms with Gasteiger partial charge in [-0.1, -0.05) is 26.0 Å². The van der Waals surface area contributed by atoms with Gasteiger partial charge in [-0.2, -0.15) is 4.39 Å². The Morgan fingerprint density at radius 2 is 2.21 bits per heavy atom. The van der Waals surface area contributed by atoms with Crippen LogP contribution in [-0.2, 0) is 6.54 Å². The van der Waals surface area contributed by atoms with Gasteiger partial charge in [-0.3, -0.25) is 10.1 Å². The number of nitrogens with zero attached hydrogens (tertiary/aromatic N) is 3. The van der Waals surface area contributed by atoms with E-state index in [1.165, 1.54) is 6.07 Å². The Hall–Kier alpha value is -2.24. The van der Waals surface area contributed by atoms with Gasteiger partial charge < -0.3 is 4.57 Å². The molecule has 5 nitrogen and oxygen atoms in total. The maximum atomic E-state index is 14.0. The van der Waals surface area contributed by atoms with E-state index in [0.29, 0.717) is 0 Å². The highest BCUT2D eigenvalue weighted by Crippen LogP contribution is 2.22. The van der Waals surface area contributed by atoms with Gasteiger partial charge in [0.05, 0.1) is 11.5 Å². The molecule has 0 saturated carbocycles. The van der Waals surface area contributed by atoms with Crippen LogP contribution in [-0.4, -0.2) is 14.5 Å². The molecule has 2 aromatic rings. The van der Waals surface area contributed by atoms with Crippen LogP contribution in [0.4, 0.5) is 10.1 Å². The molecule has 1 heterocycles. The highest BCUT2D eigenvalue weighted by atomic mass is 19.1. The summed E-state index contributed by atoms with van der Waals surface area (Å²) in [5.74, 6) is 0.249. The zero-order valence-corrected chi connectivity index (χ0v) is 10.7. The smallest absolute Gasteiger partial charge is 0.305 e. The van der Waals surface area contributed by atoms with Crippen LogP contribution in [0.1, 0.15) is 31.2 Å². The fraction of sp³-hybridized carbons (Fsp3) is 0.308. The van der Waals surface area contributed by atoms with Crippen LogP contribution in [0.25, 0.3) is 0 Å². The molecule has 0 aliphatic carbocycles. The average Bonchev–Trinajstić information content (AvgIpc) is 2.79. The lowest BCUT2D eigenvalue weighted by Gasteiger charge is -2.10. The summed E-state index contributed by atoms with van der Waals surface area (Å²) in [5, 5.41) is 10.7. The lowest BCUT2D eigenvalue weighted by molar-refractivity contribution is -0.387. The summed E-state index contributed by atoms with van der Waals surface area (Å²) in [4.78, 5) is 14.2. The third kappa shape index (κ3) is 2.62. The molecule has 0 unspecified atom stereocenters. The Morgan fingerprint density at radius 3 is 2.84 bits per heavy atom. The molecule has 0 aliphatic rings. The molecule has 0 aliphatic heterocycles. The third-order valence-electron chi connectivity index (χ3n) is 2.86. The highest BCUT2D eigenvalue weighted by molar-refractivity contribution is 5.37. The molecule has 0 atom stereocenters. The number of nitro benzene ring substituents is 1. The van der Waals surface area contributed by atoms with Crippen molar-refractivity contribution in [1.29, 1.82) is 0 Å². The normalized spacial score (nSPS) is 10.9. The van der Waals surface area contributed by atoms with Crippen LogP contribution >= 0.6 is 0 Å². The molecule has 6 heteroatoms. The average molecular weight is 263 g/mol. The Kier molecular flexibility index (Phi) is 3.59. The molecule has 1 aromatic carbocycles. The van der Waals surface area contributed by atoms with Crippen molar-refractivity contribution >= 4 is 5.69 Å². The maximum absolute atomic E-state index is 14.0. The van der Waals surface area contributed by atoms with Gasteiger partial charge in [0, 0.05) is 29.9 Å². The van der Waals surface area contributed by atoms with Crippen molar-refractivity contribution in [3.05, 3.63) is 57.9 Å². The summed E-state index contributed by atoms with van der Waals surface area (Å²) < 4.78 is 15.8. The molecule has 0 spiro atoms. The Bertz CT molecular complexity index is 608. The summed E-state index contributed by atoms with van der Waals surface area (Å²) in [6.45, 7) is 4.21. The molecule has 2 rings (SSSR count). The molecule has 100 valence electrons. The van der Waals surface area contributed by atoms with Gasteiger partial charge >= 0.3 is 5.69 Å². The number of rotatable bonds is 4. The Morgan fingerprint density at radius 1 is 1.47 bits per heavy atom. The zero-order chi connectivity index (χ0) is 14.0. The first-order valence-electron chi connectivity index (χ1n) is 5.93. The highest BCUT2D eigenvalue weighted by Gasteiger charge is 2.18. The van der Waals surface area contributed by atoms with E-state index in [1.54, 1.807) is 23.0 Å². The molecule has 0 N–H and O–H groups in total. The molecule has 0 amide bonds. The molecule has 0 saturated heterocycles. The first-order valence-corrected chi connectivity index (χ1v) is 5.93. The standard InChI is InChI=1S/C13H14FN3O2/c1-9(2)13-15-6-7-16(13)8-10-4-3-5-11(12(10)14)17(18)19/h3-7,9H,8H2,1-2H3. The van der Waals surface area contributed by atoms with Gasteiger partial charge in [0.15, 0.2) is 0 Å². The predicted molar refractivity (Wildman–Crippen MR) is 68.5 cm³/mol. The number of hydrogen-bond donors (Lipinski definition) is 0. The molecular formula is C13H14FN3O2. The fourth-order valence-corrected chi connectivity index (χ4v) is 1.97. The number of hydrogen-bond acceptors (Lipinski definition) is 3. The van der Waals surface area contributed by atoms with Gasteiger partial charge in [0.2, 0.25) is 5.82 Å². The molecule has 19 heavy (non-hydrogen) atoms. The van der Waals surface area contributed by atoms with E-state index in [1.807, 2.05) is 13.8 Å². The van der Waals surface area contributed by atoms with Crippen LogP contribution in [0, 0.1) is 15.9 Å². The SMILES string of the molecule is CC(C)c1nccn1Cc1cccc([N+](=O)[O-])c1F. The number of nitro groups is 1. The number of imidazole rings is 1.